The van der Waals surface area contributed by atoms with Crippen LogP contribution < -0.4 is 9.64 Å². The van der Waals surface area contributed by atoms with Gasteiger partial charge in [0.25, 0.3) is 0 Å². The first-order valence-corrected chi connectivity index (χ1v) is 10.3. The number of hydrogen-bond donors (Lipinski definition) is 0. The Morgan fingerprint density at radius 1 is 1.31 bits per heavy atom. The molecule has 0 spiro atoms. The number of anilines is 1. The molecule has 1 atom stereocenters. The van der Waals surface area contributed by atoms with Crippen molar-refractivity contribution in [2.75, 3.05) is 18.0 Å². The van der Waals surface area contributed by atoms with Crippen molar-refractivity contribution in [1.29, 1.82) is 5.26 Å². The van der Waals surface area contributed by atoms with Gasteiger partial charge >= 0.3 is 0 Å². The van der Waals surface area contributed by atoms with Crippen LogP contribution >= 0.6 is 39.1 Å². The van der Waals surface area contributed by atoms with Crippen LogP contribution in [0.4, 0.5) is 5.82 Å². The number of benzene rings is 1. The zero-order valence-corrected chi connectivity index (χ0v) is 17.1. The van der Waals surface area contributed by atoms with Gasteiger partial charge in [-0.2, -0.15) is 10.2 Å². The van der Waals surface area contributed by atoms with Gasteiger partial charge in [-0.25, -0.2) is 4.98 Å². The summed E-state index contributed by atoms with van der Waals surface area (Å²) >= 11 is 16.2. The maximum absolute atomic E-state index is 9.03. The minimum absolute atomic E-state index is 0.185. The molecule has 2 aliphatic rings. The van der Waals surface area contributed by atoms with E-state index in [9.17, 15) is 0 Å². The fourth-order valence-electron chi connectivity index (χ4n) is 3.39. The number of hydrogen-bond acceptors (Lipinski definition) is 5. The standard InChI is InChI=1S/C18H17BrCl2N4O/c19-14-13(20)8-12-15(16(14)26-11-3-4-11)23-18(21)24-17(12)25-7-1-2-10(9-25)5-6-22/h8,10-11H,1-5,7,9H2/t10-/m0/s1. The molecule has 8 heteroatoms. The van der Waals surface area contributed by atoms with Gasteiger partial charge in [-0.3, -0.25) is 0 Å². The molecule has 0 unspecified atom stereocenters. The van der Waals surface area contributed by atoms with E-state index in [-0.39, 0.29) is 11.4 Å². The summed E-state index contributed by atoms with van der Waals surface area (Å²) in [4.78, 5) is 11.1. The number of piperidine rings is 1. The van der Waals surface area contributed by atoms with E-state index in [0.717, 1.165) is 50.0 Å². The first-order valence-electron chi connectivity index (χ1n) is 8.70. The van der Waals surface area contributed by atoms with Crippen molar-refractivity contribution in [2.24, 2.45) is 5.92 Å². The lowest BCUT2D eigenvalue weighted by molar-refractivity contribution is 0.304. The third kappa shape index (κ3) is 3.58. The molecule has 5 nitrogen and oxygen atoms in total. The van der Waals surface area contributed by atoms with Gasteiger partial charge < -0.3 is 9.64 Å². The fourth-order valence-corrected chi connectivity index (χ4v) is 4.15. The number of nitrogens with zero attached hydrogens (tertiary/aromatic N) is 4. The molecule has 0 bridgehead atoms. The molecule has 1 aromatic carbocycles. The van der Waals surface area contributed by atoms with E-state index in [1.54, 1.807) is 0 Å². The number of aromatic nitrogens is 2. The second-order valence-corrected chi connectivity index (χ2v) is 8.39. The summed E-state index contributed by atoms with van der Waals surface area (Å²) < 4.78 is 6.76. The zero-order chi connectivity index (χ0) is 18.3. The van der Waals surface area contributed by atoms with Crippen LogP contribution in [0, 0.1) is 17.2 Å². The van der Waals surface area contributed by atoms with E-state index in [2.05, 4.69) is 36.9 Å². The first kappa shape index (κ1) is 18.1. The lowest BCUT2D eigenvalue weighted by Gasteiger charge is -2.33. The smallest absolute Gasteiger partial charge is 0.225 e. The predicted octanol–water partition coefficient (Wildman–Crippen LogP) is 5.37. The molecule has 26 heavy (non-hydrogen) atoms. The van der Waals surface area contributed by atoms with Crippen molar-refractivity contribution in [2.45, 2.75) is 38.2 Å². The molecular formula is C18H17BrCl2N4O. The molecular weight excluding hydrogens is 439 g/mol. The SMILES string of the molecule is N#CC[C@@H]1CCCN(c2nc(Cl)nc3c(OC4CC4)c(Br)c(Cl)cc23)C1. The molecule has 0 radical (unpaired) electrons. The molecule has 0 N–H and O–H groups in total. The first-order chi connectivity index (χ1) is 12.6. The van der Waals surface area contributed by atoms with Gasteiger partial charge in [0.15, 0.2) is 5.75 Å². The topological polar surface area (TPSA) is 62.0 Å². The highest BCUT2D eigenvalue weighted by molar-refractivity contribution is 9.10. The van der Waals surface area contributed by atoms with E-state index in [0.29, 0.717) is 33.1 Å². The van der Waals surface area contributed by atoms with Crippen molar-refractivity contribution >= 4 is 55.9 Å². The van der Waals surface area contributed by atoms with E-state index in [4.69, 9.17) is 33.2 Å². The second-order valence-electron chi connectivity index (χ2n) is 6.85. The molecule has 4 rings (SSSR count). The Bertz CT molecular complexity index is 897. The van der Waals surface area contributed by atoms with Crippen molar-refractivity contribution in [3.05, 3.63) is 20.8 Å². The summed E-state index contributed by atoms with van der Waals surface area (Å²) in [7, 11) is 0. The molecule has 1 saturated carbocycles. The Kier molecular flexibility index (Phi) is 5.13. The highest BCUT2D eigenvalue weighted by Gasteiger charge is 2.29. The van der Waals surface area contributed by atoms with Gasteiger partial charge in [0, 0.05) is 24.9 Å². The number of ether oxygens (including phenoxy) is 1. The Hall–Kier alpha value is -1.29. The lowest BCUT2D eigenvalue weighted by atomic mass is 9.95. The maximum atomic E-state index is 9.03. The Morgan fingerprint density at radius 2 is 2.12 bits per heavy atom. The van der Waals surface area contributed by atoms with E-state index in [1.165, 1.54) is 0 Å². The Morgan fingerprint density at radius 3 is 2.85 bits per heavy atom. The van der Waals surface area contributed by atoms with Crippen molar-refractivity contribution in [3.8, 4) is 11.8 Å². The van der Waals surface area contributed by atoms with E-state index in [1.807, 2.05) is 6.07 Å². The molecule has 1 aliphatic carbocycles. The van der Waals surface area contributed by atoms with Gasteiger partial charge in [-0.05, 0) is 65.2 Å². The number of fused-ring (bicyclic) bond motifs is 1. The Labute approximate surface area is 170 Å². The van der Waals surface area contributed by atoms with Crippen LogP contribution in [0.3, 0.4) is 0 Å². The van der Waals surface area contributed by atoms with Gasteiger partial charge in [0.1, 0.15) is 11.3 Å². The minimum Gasteiger partial charge on any atom is -0.487 e. The monoisotopic (exact) mass is 454 g/mol. The van der Waals surface area contributed by atoms with Crippen LogP contribution in [0.25, 0.3) is 10.9 Å². The van der Waals surface area contributed by atoms with Crippen LogP contribution in [-0.2, 0) is 0 Å². The summed E-state index contributed by atoms with van der Waals surface area (Å²) in [6.45, 7) is 1.65. The molecule has 2 aromatic rings. The summed E-state index contributed by atoms with van der Waals surface area (Å²) in [5.74, 6) is 1.73. The quantitative estimate of drug-likeness (QED) is 0.579. The predicted molar refractivity (Wildman–Crippen MR) is 106 cm³/mol. The maximum Gasteiger partial charge on any atom is 0.225 e. The van der Waals surface area contributed by atoms with E-state index < -0.39 is 0 Å². The molecule has 2 fully saturated rings. The van der Waals surface area contributed by atoms with Crippen LogP contribution in [-0.4, -0.2) is 29.2 Å². The summed E-state index contributed by atoms with van der Waals surface area (Å²) in [5.41, 5.74) is 0.672. The van der Waals surface area contributed by atoms with Crippen molar-refractivity contribution < 1.29 is 4.74 Å². The largest absolute Gasteiger partial charge is 0.487 e. The third-order valence-electron chi connectivity index (χ3n) is 4.80. The number of rotatable bonds is 4. The third-order valence-corrected chi connectivity index (χ3v) is 6.28. The van der Waals surface area contributed by atoms with E-state index >= 15 is 0 Å². The summed E-state index contributed by atoms with van der Waals surface area (Å²) in [5, 5.41) is 10.6. The highest BCUT2D eigenvalue weighted by atomic mass is 79.9. The average Bonchev–Trinajstić information content (AvgIpc) is 3.44. The lowest BCUT2D eigenvalue weighted by Crippen LogP contribution is -2.36. The van der Waals surface area contributed by atoms with Crippen LogP contribution in [0.5, 0.6) is 5.75 Å². The average molecular weight is 456 g/mol. The molecule has 1 saturated heterocycles. The van der Waals surface area contributed by atoms with Crippen LogP contribution in [0.15, 0.2) is 10.5 Å². The second kappa shape index (κ2) is 7.38. The number of halogens is 3. The molecule has 2 heterocycles. The molecule has 1 aliphatic heterocycles. The molecule has 0 amide bonds. The van der Waals surface area contributed by atoms with Crippen molar-refractivity contribution in [3.63, 3.8) is 0 Å². The minimum atomic E-state index is 0.185. The summed E-state index contributed by atoms with van der Waals surface area (Å²) in [6.07, 6.45) is 4.91. The van der Waals surface area contributed by atoms with Gasteiger partial charge in [0.2, 0.25) is 5.28 Å². The van der Waals surface area contributed by atoms with Crippen LogP contribution in [0.1, 0.15) is 32.1 Å². The van der Waals surface area contributed by atoms with Crippen molar-refractivity contribution in [1.82, 2.24) is 9.97 Å². The van der Waals surface area contributed by atoms with Crippen LogP contribution in [0.2, 0.25) is 10.3 Å². The van der Waals surface area contributed by atoms with Gasteiger partial charge in [0.05, 0.1) is 21.7 Å². The highest BCUT2D eigenvalue weighted by Crippen LogP contribution is 2.44. The molecule has 136 valence electrons. The fraction of sp³-hybridized carbons (Fsp3) is 0.500. The zero-order valence-electron chi connectivity index (χ0n) is 14.0. The van der Waals surface area contributed by atoms with Gasteiger partial charge in [-0.15, -0.1) is 0 Å². The molecule has 1 aromatic heterocycles. The number of nitriles is 1. The normalized spacial score (nSPS) is 20.2. The van der Waals surface area contributed by atoms with Gasteiger partial charge in [-0.1, -0.05) is 11.6 Å². The Balaban J connectivity index is 1.82. The summed E-state index contributed by atoms with van der Waals surface area (Å²) in [6, 6.07) is 4.14.